The number of rotatable bonds is 2. The zero-order valence-corrected chi connectivity index (χ0v) is 26.5. The van der Waals surface area contributed by atoms with Gasteiger partial charge >= 0.3 is 0 Å². The lowest BCUT2D eigenvalue weighted by Gasteiger charge is -2.23. The monoisotopic (exact) mass is 612 g/mol. The zero-order valence-electron chi connectivity index (χ0n) is 26.5. The van der Waals surface area contributed by atoms with Crippen molar-refractivity contribution in [2.75, 3.05) is 0 Å². The van der Waals surface area contributed by atoms with Gasteiger partial charge in [0.2, 0.25) is 0 Å². The van der Waals surface area contributed by atoms with Gasteiger partial charge in [0.1, 0.15) is 16.7 Å². The molecule has 6 aromatic carbocycles. The van der Waals surface area contributed by atoms with E-state index in [1.54, 1.807) is 0 Å². The first-order chi connectivity index (χ1) is 23.5. The molecule has 0 unspecified atom stereocenters. The third-order valence-corrected chi connectivity index (χ3v) is 10.4. The summed E-state index contributed by atoms with van der Waals surface area (Å²) in [6.07, 6.45) is 2.09. The van der Waals surface area contributed by atoms with Gasteiger partial charge in [-0.05, 0) is 91.3 Å². The number of pyridine rings is 2. The highest BCUT2D eigenvalue weighted by Gasteiger charge is 2.36. The Balaban J connectivity index is 1.31. The summed E-state index contributed by atoms with van der Waals surface area (Å²) in [4.78, 5) is 10.6. The average molecular weight is 613 g/mol. The highest BCUT2D eigenvalue weighted by molar-refractivity contribution is 6.24. The minimum absolute atomic E-state index is 0.233. The van der Waals surface area contributed by atoms with E-state index in [0.717, 1.165) is 49.6 Å². The lowest BCUT2D eigenvalue weighted by atomic mass is 9.80. The predicted octanol–water partition coefficient (Wildman–Crippen LogP) is 10.9. The van der Waals surface area contributed by atoms with E-state index in [0.29, 0.717) is 5.56 Å². The molecular formula is C44H28N4. The summed E-state index contributed by atoms with van der Waals surface area (Å²) >= 11 is 0. The van der Waals surface area contributed by atoms with Crippen molar-refractivity contribution in [3.8, 4) is 39.6 Å². The molecule has 0 radical (unpaired) electrons. The lowest BCUT2D eigenvalue weighted by molar-refractivity contribution is 0.660. The lowest BCUT2D eigenvalue weighted by Crippen LogP contribution is -2.15. The van der Waals surface area contributed by atoms with Crippen molar-refractivity contribution in [1.82, 2.24) is 14.4 Å². The molecule has 0 aliphatic heterocycles. The molecule has 0 atom stereocenters. The van der Waals surface area contributed by atoms with Gasteiger partial charge in [0, 0.05) is 22.6 Å². The maximum Gasteiger partial charge on any atom is 0.137 e. The number of imidazole rings is 1. The minimum Gasteiger partial charge on any atom is -0.298 e. The molecule has 0 N–H and O–H groups in total. The number of para-hydroxylation sites is 1. The molecule has 3 aromatic heterocycles. The van der Waals surface area contributed by atoms with E-state index in [4.69, 9.17) is 9.97 Å². The first-order valence-electron chi connectivity index (χ1n) is 16.3. The van der Waals surface area contributed by atoms with Gasteiger partial charge < -0.3 is 0 Å². The molecular weight excluding hydrogens is 585 g/mol. The van der Waals surface area contributed by atoms with E-state index in [9.17, 15) is 5.26 Å². The quantitative estimate of drug-likeness (QED) is 0.183. The number of hydrogen-bond acceptors (Lipinski definition) is 3. The molecule has 1 aliphatic rings. The van der Waals surface area contributed by atoms with E-state index in [1.807, 2.05) is 12.1 Å². The van der Waals surface area contributed by atoms with Crippen molar-refractivity contribution in [1.29, 1.82) is 5.26 Å². The molecule has 0 spiro atoms. The minimum atomic E-state index is -0.233. The Morgan fingerprint density at radius 3 is 1.92 bits per heavy atom. The third-order valence-electron chi connectivity index (χ3n) is 10.4. The normalized spacial score (nSPS) is 13.4. The predicted molar refractivity (Wildman–Crippen MR) is 196 cm³/mol. The highest BCUT2D eigenvalue weighted by atomic mass is 15.0. The fourth-order valence-electron chi connectivity index (χ4n) is 8.19. The second-order valence-electron chi connectivity index (χ2n) is 13.3. The van der Waals surface area contributed by atoms with Crippen molar-refractivity contribution in [3.05, 3.63) is 150 Å². The smallest absolute Gasteiger partial charge is 0.137 e. The van der Waals surface area contributed by atoms with Crippen LogP contribution in [-0.4, -0.2) is 14.4 Å². The maximum atomic E-state index is 9.65. The van der Waals surface area contributed by atoms with E-state index in [2.05, 4.69) is 146 Å². The third kappa shape index (κ3) is 3.53. The number of nitrogens with zero attached hydrogens (tertiary/aromatic N) is 4. The molecule has 224 valence electrons. The first-order valence-corrected chi connectivity index (χ1v) is 16.3. The topological polar surface area (TPSA) is 54.0 Å². The van der Waals surface area contributed by atoms with Gasteiger partial charge in [-0.25, -0.2) is 9.97 Å². The molecule has 0 fully saturated rings. The molecule has 4 heteroatoms. The number of hydrogen-bond donors (Lipinski definition) is 0. The summed E-state index contributed by atoms with van der Waals surface area (Å²) in [5, 5.41) is 15.4. The first kappa shape index (κ1) is 26.9. The van der Waals surface area contributed by atoms with Crippen molar-refractivity contribution >= 4 is 49.1 Å². The summed E-state index contributed by atoms with van der Waals surface area (Å²) in [5.41, 5.74) is 13.7. The van der Waals surface area contributed by atoms with Gasteiger partial charge in [-0.3, -0.25) is 4.40 Å². The second-order valence-corrected chi connectivity index (χ2v) is 13.3. The number of nitriles is 1. The fraction of sp³-hybridized carbons (Fsp3) is 0.0682. The van der Waals surface area contributed by atoms with Gasteiger partial charge in [-0.15, -0.1) is 0 Å². The molecule has 0 bridgehead atoms. The zero-order chi connectivity index (χ0) is 32.1. The number of aromatic nitrogens is 3. The van der Waals surface area contributed by atoms with Crippen LogP contribution in [-0.2, 0) is 5.41 Å². The maximum absolute atomic E-state index is 9.65. The number of benzene rings is 6. The van der Waals surface area contributed by atoms with Crippen molar-refractivity contribution < 1.29 is 0 Å². The van der Waals surface area contributed by atoms with Crippen LogP contribution < -0.4 is 0 Å². The second kappa shape index (κ2) is 9.61. The van der Waals surface area contributed by atoms with Gasteiger partial charge in [0.25, 0.3) is 0 Å². The molecule has 0 saturated carbocycles. The Kier molecular flexibility index (Phi) is 5.38. The van der Waals surface area contributed by atoms with Crippen LogP contribution in [0.4, 0.5) is 0 Å². The van der Waals surface area contributed by atoms with Crippen LogP contribution in [0.25, 0.3) is 82.6 Å². The van der Waals surface area contributed by atoms with Crippen molar-refractivity contribution in [2.45, 2.75) is 19.3 Å². The summed E-state index contributed by atoms with van der Waals surface area (Å²) < 4.78 is 2.18. The van der Waals surface area contributed by atoms with Crippen LogP contribution in [0.1, 0.15) is 30.5 Å². The molecule has 4 nitrogen and oxygen atoms in total. The molecule has 10 rings (SSSR count). The van der Waals surface area contributed by atoms with Crippen molar-refractivity contribution in [3.63, 3.8) is 0 Å². The molecule has 9 aromatic rings. The molecule has 0 saturated heterocycles. The van der Waals surface area contributed by atoms with Crippen LogP contribution in [0, 0.1) is 11.3 Å². The molecule has 0 amide bonds. The fourth-order valence-corrected chi connectivity index (χ4v) is 8.19. The summed E-state index contributed by atoms with van der Waals surface area (Å²) in [6, 6.07) is 47.4. The van der Waals surface area contributed by atoms with E-state index < -0.39 is 0 Å². The standard InChI is InChI=1S/C44H28N4/c1-44(2)35-23-26(25-45)18-20-28(35)29-21-19-27(24-36(29)44)39-30-11-3-5-13-32(30)40(33-14-6-4-12-31(33)39)42-43-41(34-15-7-8-16-37(34)46-42)47-38-17-9-10-22-48(38)43/h3-24H,1-2H3. The van der Waals surface area contributed by atoms with Crippen LogP contribution in [0.5, 0.6) is 0 Å². The Labute approximate surface area is 277 Å². The van der Waals surface area contributed by atoms with Crippen LogP contribution in [0.2, 0.25) is 0 Å². The highest BCUT2D eigenvalue weighted by Crippen LogP contribution is 2.52. The average Bonchev–Trinajstić information content (AvgIpc) is 3.63. The summed E-state index contributed by atoms with van der Waals surface area (Å²) in [6.45, 7) is 4.54. The number of fused-ring (bicyclic) bond motifs is 10. The van der Waals surface area contributed by atoms with Crippen molar-refractivity contribution in [2.24, 2.45) is 0 Å². The SMILES string of the molecule is CC1(C)c2cc(C#N)ccc2-c2ccc(-c3c4ccccc4c(-c4nc5ccccc5c5nc6ccccn6c45)c4ccccc34)cc21. The molecule has 3 heterocycles. The summed E-state index contributed by atoms with van der Waals surface area (Å²) in [5.74, 6) is 0. The Hall–Kier alpha value is -6.31. The van der Waals surface area contributed by atoms with Gasteiger partial charge in [-0.2, -0.15) is 5.26 Å². The molecule has 48 heavy (non-hydrogen) atoms. The Bertz CT molecular complexity index is 2830. The van der Waals surface area contributed by atoms with E-state index in [1.165, 1.54) is 44.2 Å². The summed E-state index contributed by atoms with van der Waals surface area (Å²) in [7, 11) is 0. The van der Waals surface area contributed by atoms with Gasteiger partial charge in [-0.1, -0.05) is 105 Å². The van der Waals surface area contributed by atoms with Gasteiger partial charge in [0.05, 0.1) is 22.8 Å². The van der Waals surface area contributed by atoms with E-state index in [-0.39, 0.29) is 5.41 Å². The van der Waals surface area contributed by atoms with Crippen LogP contribution >= 0.6 is 0 Å². The van der Waals surface area contributed by atoms with E-state index >= 15 is 0 Å². The Morgan fingerprint density at radius 1 is 0.604 bits per heavy atom. The van der Waals surface area contributed by atoms with Crippen LogP contribution in [0.15, 0.2) is 134 Å². The van der Waals surface area contributed by atoms with Crippen LogP contribution in [0.3, 0.4) is 0 Å². The largest absolute Gasteiger partial charge is 0.298 e. The molecule has 1 aliphatic carbocycles. The Morgan fingerprint density at radius 2 is 1.21 bits per heavy atom. The van der Waals surface area contributed by atoms with Gasteiger partial charge in [0.15, 0.2) is 0 Å².